The summed E-state index contributed by atoms with van der Waals surface area (Å²) < 4.78 is 0. The molecule has 0 aliphatic heterocycles. The first-order valence-corrected chi connectivity index (χ1v) is 10.6. The van der Waals surface area contributed by atoms with Crippen molar-refractivity contribution >= 4 is 52.1 Å². The molecular formula is C23H20N6O3S2. The lowest BCUT2D eigenvalue weighted by Gasteiger charge is -2.31. The molecule has 0 radical (unpaired) electrons. The number of carbonyl (C=O) groups excluding carboxylic acids is 3. The largest absolute Gasteiger partial charge is 0.277 e. The predicted molar refractivity (Wildman–Crippen MR) is 132 cm³/mol. The van der Waals surface area contributed by atoms with E-state index < -0.39 is 24.1 Å². The minimum absolute atomic E-state index is 0.160. The molecule has 0 spiro atoms. The molecule has 11 heteroatoms. The Balaban J connectivity index is 2.06. The highest BCUT2D eigenvalue weighted by molar-refractivity contribution is 7.80. The molecule has 0 fully saturated rings. The Bertz CT molecular complexity index is 1210. The molecule has 0 atom stereocenters. The van der Waals surface area contributed by atoms with Crippen molar-refractivity contribution in [3.63, 3.8) is 0 Å². The van der Waals surface area contributed by atoms with E-state index in [1.54, 1.807) is 48.5 Å². The Labute approximate surface area is 207 Å². The average Bonchev–Trinajstić information content (AvgIpc) is 2.82. The molecular weight excluding hydrogens is 472 g/mol. The minimum Gasteiger partial charge on any atom is -0.277 e. The van der Waals surface area contributed by atoms with E-state index >= 15 is 0 Å². The van der Waals surface area contributed by atoms with Crippen LogP contribution in [-0.2, 0) is 14.4 Å². The quantitative estimate of drug-likeness (QED) is 0.388. The van der Waals surface area contributed by atoms with Crippen LogP contribution in [0.25, 0.3) is 0 Å². The number of amides is 3. The van der Waals surface area contributed by atoms with Crippen molar-refractivity contribution in [2.45, 2.75) is 13.3 Å². The number of imide groups is 1. The van der Waals surface area contributed by atoms with Crippen LogP contribution in [0.2, 0.25) is 0 Å². The fourth-order valence-corrected chi connectivity index (χ4v) is 3.29. The van der Waals surface area contributed by atoms with Crippen LogP contribution in [0.4, 0.5) is 0 Å². The molecule has 2 aromatic carbocycles. The van der Waals surface area contributed by atoms with Crippen LogP contribution in [0.5, 0.6) is 0 Å². The Kier molecular flexibility index (Phi) is 8.90. The molecule has 2 aromatic rings. The van der Waals surface area contributed by atoms with E-state index in [2.05, 4.69) is 5.43 Å². The summed E-state index contributed by atoms with van der Waals surface area (Å²) >= 11 is 10.7. The number of benzene rings is 2. The van der Waals surface area contributed by atoms with Gasteiger partial charge in [-0.15, -0.1) is 0 Å². The van der Waals surface area contributed by atoms with Crippen LogP contribution in [0, 0.1) is 22.7 Å². The molecule has 0 aliphatic rings. The highest BCUT2D eigenvalue weighted by atomic mass is 32.1. The molecule has 0 bridgehead atoms. The van der Waals surface area contributed by atoms with Crippen molar-refractivity contribution in [3.05, 3.63) is 70.8 Å². The fraction of sp³-hybridized carbons (Fsp3) is 0.174. The van der Waals surface area contributed by atoms with Crippen molar-refractivity contribution in [3.8, 4) is 12.1 Å². The first-order chi connectivity index (χ1) is 16.1. The van der Waals surface area contributed by atoms with Crippen molar-refractivity contribution < 1.29 is 14.4 Å². The molecule has 0 aliphatic carbocycles. The van der Waals surface area contributed by atoms with E-state index in [9.17, 15) is 14.4 Å². The van der Waals surface area contributed by atoms with Gasteiger partial charge >= 0.3 is 0 Å². The highest BCUT2D eigenvalue weighted by Gasteiger charge is 2.27. The smallest absolute Gasteiger partial charge is 0.257 e. The van der Waals surface area contributed by atoms with Gasteiger partial charge in [0.2, 0.25) is 11.8 Å². The molecule has 3 amide bonds. The maximum absolute atomic E-state index is 12.8. The number of rotatable bonds is 4. The molecule has 2 rings (SSSR count). The fourth-order valence-electron chi connectivity index (χ4n) is 2.89. The van der Waals surface area contributed by atoms with Gasteiger partial charge in [0.1, 0.15) is 16.4 Å². The maximum Gasteiger partial charge on any atom is 0.257 e. The average molecular weight is 493 g/mol. The number of nitrogens with zero attached hydrogens (tertiary/aromatic N) is 5. The van der Waals surface area contributed by atoms with E-state index in [1.165, 1.54) is 31.0 Å². The van der Waals surface area contributed by atoms with Crippen molar-refractivity contribution in [2.75, 3.05) is 14.1 Å². The summed E-state index contributed by atoms with van der Waals surface area (Å²) in [6.45, 7) is 1.18. The lowest BCUT2D eigenvalue weighted by atomic mass is 10.1. The number of nitrogens with one attached hydrogen (secondary N) is 1. The molecule has 0 saturated carbocycles. The van der Waals surface area contributed by atoms with Gasteiger partial charge in [-0.25, -0.2) is 0 Å². The maximum atomic E-state index is 12.8. The van der Waals surface area contributed by atoms with E-state index in [-0.39, 0.29) is 9.98 Å². The van der Waals surface area contributed by atoms with Crippen LogP contribution in [-0.4, -0.2) is 56.8 Å². The van der Waals surface area contributed by atoms with Gasteiger partial charge in [0.05, 0.1) is 23.3 Å². The van der Waals surface area contributed by atoms with Crippen LogP contribution in [0.1, 0.15) is 35.6 Å². The normalized spacial score (nSPS) is 9.68. The summed E-state index contributed by atoms with van der Waals surface area (Å²) in [4.78, 5) is 37.9. The zero-order valence-corrected chi connectivity index (χ0v) is 20.2. The monoisotopic (exact) mass is 492 g/mol. The van der Waals surface area contributed by atoms with Gasteiger partial charge in [-0.2, -0.15) is 15.5 Å². The van der Waals surface area contributed by atoms with Gasteiger partial charge < -0.3 is 0 Å². The number of thiocarbonyl (C=S) groups is 2. The third-order valence-electron chi connectivity index (χ3n) is 4.56. The molecule has 0 heterocycles. The molecule has 172 valence electrons. The Hall–Kier alpha value is -4.19. The van der Waals surface area contributed by atoms with Gasteiger partial charge in [0.25, 0.3) is 5.91 Å². The predicted octanol–water partition coefficient (Wildman–Crippen LogP) is 2.06. The van der Waals surface area contributed by atoms with Gasteiger partial charge in [-0.1, -0.05) is 48.7 Å². The summed E-state index contributed by atoms with van der Waals surface area (Å²) in [5.41, 5.74) is 4.52. The lowest BCUT2D eigenvalue weighted by Crippen LogP contribution is -2.51. The SMILES string of the molecule is CC(=O)N(C(=O)CC(=O)NN(C)C(=S)c1ccc(C#N)cc1)N(C)C(=S)c1ccc(C#N)cc1. The summed E-state index contributed by atoms with van der Waals surface area (Å²) in [6, 6.07) is 16.8. The summed E-state index contributed by atoms with van der Waals surface area (Å²) in [5.74, 6) is -2.11. The number of hydrazine groups is 2. The third-order valence-corrected chi connectivity index (χ3v) is 5.57. The Morgan fingerprint density at radius 1 is 0.853 bits per heavy atom. The van der Waals surface area contributed by atoms with Crippen LogP contribution >= 0.6 is 24.4 Å². The number of hydrogen-bond donors (Lipinski definition) is 1. The van der Waals surface area contributed by atoms with Crippen molar-refractivity contribution in [1.29, 1.82) is 10.5 Å². The first kappa shape index (κ1) is 26.1. The summed E-state index contributed by atoms with van der Waals surface area (Å²) in [6.07, 6.45) is -0.639. The van der Waals surface area contributed by atoms with Gasteiger partial charge in [-0.05, 0) is 24.3 Å². The summed E-state index contributed by atoms with van der Waals surface area (Å²) in [5, 5.41) is 21.0. The second-order valence-electron chi connectivity index (χ2n) is 7.01. The first-order valence-electron chi connectivity index (χ1n) is 9.78. The van der Waals surface area contributed by atoms with E-state index in [4.69, 9.17) is 35.0 Å². The molecule has 0 saturated heterocycles. The van der Waals surface area contributed by atoms with Gasteiger partial charge in [0, 0.05) is 32.1 Å². The van der Waals surface area contributed by atoms with Crippen LogP contribution < -0.4 is 5.43 Å². The Morgan fingerprint density at radius 2 is 1.29 bits per heavy atom. The lowest BCUT2D eigenvalue weighted by molar-refractivity contribution is -0.155. The zero-order valence-electron chi connectivity index (χ0n) is 18.6. The minimum atomic E-state index is -0.791. The second kappa shape index (κ2) is 11.6. The standard InChI is InChI=1S/C23H20N6O3S2/c1-15(30)29(28(3)23(34)19-10-6-17(14-25)7-11-19)21(32)12-20(31)26-27(2)22(33)18-8-4-16(13-24)5-9-18/h4-11H,12H2,1-3H3,(H,26,31). The molecule has 0 unspecified atom stereocenters. The number of nitriles is 2. The van der Waals surface area contributed by atoms with Crippen molar-refractivity contribution in [2.24, 2.45) is 0 Å². The molecule has 0 aromatic heterocycles. The van der Waals surface area contributed by atoms with E-state index in [0.717, 1.165) is 5.01 Å². The highest BCUT2D eigenvalue weighted by Crippen LogP contribution is 2.12. The third kappa shape index (κ3) is 6.42. The molecule has 34 heavy (non-hydrogen) atoms. The number of hydrogen-bond acceptors (Lipinski definition) is 7. The molecule has 9 nitrogen and oxygen atoms in total. The number of carbonyl (C=O) groups is 3. The van der Waals surface area contributed by atoms with Gasteiger partial charge in [-0.3, -0.25) is 29.8 Å². The summed E-state index contributed by atoms with van der Waals surface area (Å²) in [7, 11) is 2.95. The Morgan fingerprint density at radius 3 is 1.71 bits per heavy atom. The molecule has 1 N–H and O–H groups in total. The van der Waals surface area contributed by atoms with Gasteiger partial charge in [0.15, 0.2) is 0 Å². The zero-order chi connectivity index (χ0) is 25.4. The van der Waals surface area contributed by atoms with Crippen LogP contribution in [0.3, 0.4) is 0 Å². The van der Waals surface area contributed by atoms with E-state index in [0.29, 0.717) is 22.3 Å². The second-order valence-corrected chi connectivity index (χ2v) is 7.78. The van der Waals surface area contributed by atoms with Crippen molar-refractivity contribution in [1.82, 2.24) is 20.5 Å². The van der Waals surface area contributed by atoms with Crippen LogP contribution in [0.15, 0.2) is 48.5 Å². The topological polar surface area (TPSA) is 121 Å². The van der Waals surface area contributed by atoms with E-state index in [1.807, 2.05) is 12.1 Å².